The van der Waals surface area contributed by atoms with Gasteiger partial charge < -0.3 is 20.7 Å². The molecule has 27 heavy (non-hydrogen) atoms. The number of ether oxygens (including phenoxy) is 1. The fourth-order valence-electron chi connectivity index (χ4n) is 3.45. The van der Waals surface area contributed by atoms with Crippen LogP contribution in [0.15, 0.2) is 48.5 Å². The second kappa shape index (κ2) is 7.26. The molecule has 0 spiro atoms. The Kier molecular flexibility index (Phi) is 5.03. The zero-order valence-corrected chi connectivity index (χ0v) is 15.4. The minimum atomic E-state index is -0.742. The van der Waals surface area contributed by atoms with Crippen molar-refractivity contribution in [3.05, 3.63) is 59.9 Å². The van der Waals surface area contributed by atoms with E-state index in [1.807, 2.05) is 38.1 Å². The van der Waals surface area contributed by atoms with Crippen LogP contribution in [0, 0.1) is 5.82 Å². The van der Waals surface area contributed by atoms with E-state index in [0.717, 1.165) is 5.56 Å². The van der Waals surface area contributed by atoms with Gasteiger partial charge in [-0.3, -0.25) is 4.79 Å². The summed E-state index contributed by atoms with van der Waals surface area (Å²) in [6.07, 6.45) is 0. The van der Waals surface area contributed by atoms with Gasteiger partial charge in [-0.15, -0.1) is 0 Å². The van der Waals surface area contributed by atoms with Crippen molar-refractivity contribution in [3.63, 3.8) is 0 Å². The number of carbonyl (C=O) groups excluding carboxylic acids is 2. The van der Waals surface area contributed by atoms with Crippen molar-refractivity contribution < 1.29 is 18.7 Å². The van der Waals surface area contributed by atoms with Crippen molar-refractivity contribution in [3.8, 4) is 5.75 Å². The standard InChI is InChI=1S/C20H22FN3O3/c1-20(2)16(12-4-10-15(27-3)11-5-12)17(18(25)24-20)23-19(26)22-14-8-6-13(21)7-9-14/h4-11,16-17H,1-3H3,(H,24,25)(H2,22,23,26)/t16?,17-/m0/s1. The number of rotatable bonds is 4. The molecule has 2 atom stereocenters. The summed E-state index contributed by atoms with van der Waals surface area (Å²) in [6, 6.07) is 11.6. The predicted molar refractivity (Wildman–Crippen MR) is 100 cm³/mol. The molecule has 0 saturated carbocycles. The van der Waals surface area contributed by atoms with Crippen LogP contribution in [0.2, 0.25) is 0 Å². The largest absolute Gasteiger partial charge is 0.497 e. The normalized spacial score (nSPS) is 20.7. The Hall–Kier alpha value is -3.09. The van der Waals surface area contributed by atoms with E-state index in [-0.39, 0.29) is 11.8 Å². The fraction of sp³-hybridized carbons (Fsp3) is 0.300. The molecule has 0 aliphatic carbocycles. The lowest BCUT2D eigenvalue weighted by molar-refractivity contribution is -0.121. The molecule has 0 bridgehead atoms. The quantitative estimate of drug-likeness (QED) is 0.773. The average molecular weight is 371 g/mol. The zero-order valence-electron chi connectivity index (χ0n) is 15.4. The molecule has 7 heteroatoms. The predicted octanol–water partition coefficient (Wildman–Crippen LogP) is 3.02. The maximum absolute atomic E-state index is 13.0. The third-order valence-electron chi connectivity index (χ3n) is 4.70. The maximum atomic E-state index is 13.0. The SMILES string of the molecule is COc1ccc(C2[C@H](NC(=O)Nc3ccc(F)cc3)C(=O)NC2(C)C)cc1. The summed E-state index contributed by atoms with van der Waals surface area (Å²) in [5.74, 6) is -0.199. The number of anilines is 1. The van der Waals surface area contributed by atoms with Gasteiger partial charge in [-0.05, 0) is 55.8 Å². The minimum absolute atomic E-state index is 0.255. The second-order valence-corrected chi connectivity index (χ2v) is 7.04. The topological polar surface area (TPSA) is 79.5 Å². The highest BCUT2D eigenvalue weighted by Crippen LogP contribution is 2.37. The van der Waals surface area contributed by atoms with Crippen LogP contribution < -0.4 is 20.7 Å². The summed E-state index contributed by atoms with van der Waals surface area (Å²) in [4.78, 5) is 24.9. The highest BCUT2D eigenvalue weighted by Gasteiger charge is 2.48. The van der Waals surface area contributed by atoms with E-state index >= 15 is 0 Å². The molecule has 0 aromatic heterocycles. The van der Waals surface area contributed by atoms with Gasteiger partial charge in [0.05, 0.1) is 7.11 Å². The molecule has 2 aromatic rings. The minimum Gasteiger partial charge on any atom is -0.497 e. The van der Waals surface area contributed by atoms with Gasteiger partial charge in [0.25, 0.3) is 0 Å². The molecule has 1 aliphatic rings. The number of hydrogen-bond donors (Lipinski definition) is 3. The van der Waals surface area contributed by atoms with Crippen LogP contribution in [0.5, 0.6) is 5.75 Å². The van der Waals surface area contributed by atoms with Crippen LogP contribution >= 0.6 is 0 Å². The Morgan fingerprint density at radius 3 is 2.33 bits per heavy atom. The molecular weight excluding hydrogens is 349 g/mol. The molecule has 1 fully saturated rings. The first-order chi connectivity index (χ1) is 12.8. The molecule has 6 nitrogen and oxygen atoms in total. The third kappa shape index (κ3) is 4.02. The molecule has 0 radical (unpaired) electrons. The van der Waals surface area contributed by atoms with Crippen molar-refractivity contribution in [2.45, 2.75) is 31.3 Å². The summed E-state index contributed by atoms with van der Waals surface area (Å²) in [6.45, 7) is 3.83. The summed E-state index contributed by atoms with van der Waals surface area (Å²) in [5, 5.41) is 8.29. The van der Waals surface area contributed by atoms with E-state index < -0.39 is 23.4 Å². The van der Waals surface area contributed by atoms with E-state index in [1.165, 1.54) is 24.3 Å². The molecule has 1 heterocycles. The van der Waals surface area contributed by atoms with Crippen molar-refractivity contribution in [2.24, 2.45) is 0 Å². The highest BCUT2D eigenvalue weighted by molar-refractivity contribution is 5.95. The van der Waals surface area contributed by atoms with E-state index in [1.54, 1.807) is 7.11 Å². The summed E-state index contributed by atoms with van der Waals surface area (Å²) in [7, 11) is 1.59. The van der Waals surface area contributed by atoms with Crippen LogP contribution in [-0.4, -0.2) is 30.6 Å². The lowest BCUT2D eigenvalue weighted by atomic mass is 9.80. The van der Waals surface area contributed by atoms with Gasteiger partial charge in [-0.2, -0.15) is 0 Å². The van der Waals surface area contributed by atoms with E-state index in [4.69, 9.17) is 4.74 Å². The maximum Gasteiger partial charge on any atom is 0.319 e. The van der Waals surface area contributed by atoms with Crippen LogP contribution in [0.25, 0.3) is 0 Å². The van der Waals surface area contributed by atoms with E-state index in [2.05, 4.69) is 16.0 Å². The Morgan fingerprint density at radius 1 is 1.11 bits per heavy atom. The van der Waals surface area contributed by atoms with Crippen LogP contribution in [0.4, 0.5) is 14.9 Å². The number of nitrogens with one attached hydrogen (secondary N) is 3. The Bertz CT molecular complexity index is 835. The third-order valence-corrected chi connectivity index (χ3v) is 4.70. The first-order valence-corrected chi connectivity index (χ1v) is 8.59. The van der Waals surface area contributed by atoms with Crippen molar-refractivity contribution in [1.29, 1.82) is 0 Å². The number of halogens is 1. The number of hydrogen-bond acceptors (Lipinski definition) is 3. The van der Waals surface area contributed by atoms with Gasteiger partial charge >= 0.3 is 6.03 Å². The number of carbonyl (C=O) groups is 2. The lowest BCUT2D eigenvalue weighted by Gasteiger charge is -2.29. The number of amides is 3. The van der Waals surface area contributed by atoms with Gasteiger partial charge in [-0.25, -0.2) is 9.18 Å². The second-order valence-electron chi connectivity index (χ2n) is 7.04. The van der Waals surface area contributed by atoms with Gasteiger partial charge in [0.2, 0.25) is 5.91 Å². The number of methoxy groups -OCH3 is 1. The summed E-state index contributed by atoms with van der Waals surface area (Å²) >= 11 is 0. The monoisotopic (exact) mass is 371 g/mol. The van der Waals surface area contributed by atoms with Crippen molar-refractivity contribution >= 4 is 17.6 Å². The molecule has 3 amide bonds. The van der Waals surface area contributed by atoms with Gasteiger partial charge in [-0.1, -0.05) is 12.1 Å². The van der Waals surface area contributed by atoms with Gasteiger partial charge in [0, 0.05) is 17.1 Å². The smallest absolute Gasteiger partial charge is 0.319 e. The lowest BCUT2D eigenvalue weighted by Crippen LogP contribution is -2.45. The Balaban J connectivity index is 1.79. The van der Waals surface area contributed by atoms with E-state index in [9.17, 15) is 14.0 Å². The van der Waals surface area contributed by atoms with Crippen LogP contribution in [0.3, 0.4) is 0 Å². The molecule has 2 aromatic carbocycles. The zero-order chi connectivity index (χ0) is 19.6. The first kappa shape index (κ1) is 18.7. The molecule has 3 rings (SSSR count). The molecule has 3 N–H and O–H groups in total. The van der Waals surface area contributed by atoms with Crippen molar-refractivity contribution in [2.75, 3.05) is 12.4 Å². The van der Waals surface area contributed by atoms with E-state index in [0.29, 0.717) is 11.4 Å². The summed E-state index contributed by atoms with van der Waals surface area (Å²) < 4.78 is 18.2. The van der Waals surface area contributed by atoms with Crippen LogP contribution in [-0.2, 0) is 4.79 Å². The molecule has 142 valence electrons. The van der Waals surface area contributed by atoms with Crippen molar-refractivity contribution in [1.82, 2.24) is 10.6 Å². The molecular formula is C20H22FN3O3. The molecule has 1 saturated heterocycles. The fourth-order valence-corrected chi connectivity index (χ4v) is 3.45. The Morgan fingerprint density at radius 2 is 1.74 bits per heavy atom. The van der Waals surface area contributed by atoms with Gasteiger partial charge in [0.15, 0.2) is 0 Å². The number of benzene rings is 2. The Labute approximate surface area is 157 Å². The first-order valence-electron chi connectivity index (χ1n) is 8.59. The van der Waals surface area contributed by atoms with Gasteiger partial charge in [0.1, 0.15) is 17.6 Å². The highest BCUT2D eigenvalue weighted by atomic mass is 19.1. The number of urea groups is 1. The van der Waals surface area contributed by atoms with Crippen LogP contribution in [0.1, 0.15) is 25.3 Å². The molecule has 1 aliphatic heterocycles. The summed E-state index contributed by atoms with van der Waals surface area (Å²) in [5.41, 5.74) is 0.804. The molecule has 1 unspecified atom stereocenters. The average Bonchev–Trinajstić information content (AvgIpc) is 2.85.